The second kappa shape index (κ2) is 8.47. The van der Waals surface area contributed by atoms with E-state index in [0.717, 1.165) is 37.7 Å². The summed E-state index contributed by atoms with van der Waals surface area (Å²) in [6.07, 6.45) is -1.01. The van der Waals surface area contributed by atoms with Crippen molar-refractivity contribution >= 4 is 9.84 Å². The zero-order valence-corrected chi connectivity index (χ0v) is 16.8. The van der Waals surface area contributed by atoms with Crippen LogP contribution in [0.5, 0.6) is 0 Å². The van der Waals surface area contributed by atoms with Gasteiger partial charge in [0.15, 0.2) is 9.84 Å². The zero-order chi connectivity index (χ0) is 21.4. The summed E-state index contributed by atoms with van der Waals surface area (Å²) in [5.74, 6) is -1.16. The molecular formula is C19H24F5NO3S. The van der Waals surface area contributed by atoms with E-state index in [1.807, 2.05) is 0 Å². The van der Waals surface area contributed by atoms with Gasteiger partial charge < -0.3 is 4.74 Å². The van der Waals surface area contributed by atoms with Crippen LogP contribution in [0.4, 0.5) is 22.0 Å². The second-order valence-corrected chi connectivity index (χ2v) is 10.0. The lowest BCUT2D eigenvalue weighted by Crippen LogP contribution is -2.40. The van der Waals surface area contributed by atoms with Crippen LogP contribution in [0.15, 0.2) is 17.0 Å². The Bertz CT molecular complexity index is 812. The van der Waals surface area contributed by atoms with E-state index in [4.69, 9.17) is 4.74 Å². The summed E-state index contributed by atoms with van der Waals surface area (Å²) in [6, 6.07) is 1.92. The normalized spacial score (nSPS) is 24.1. The fourth-order valence-electron chi connectivity index (χ4n) is 4.21. The molecule has 10 heteroatoms. The first kappa shape index (κ1) is 22.4. The maximum atomic E-state index is 13.9. The fourth-order valence-corrected chi connectivity index (χ4v) is 5.04. The molecule has 2 atom stereocenters. The van der Waals surface area contributed by atoms with E-state index in [0.29, 0.717) is 37.5 Å². The third kappa shape index (κ3) is 6.11. The molecule has 1 heterocycles. The summed E-state index contributed by atoms with van der Waals surface area (Å²) in [4.78, 5) is 0.494. The number of alkyl halides is 3. The van der Waals surface area contributed by atoms with Gasteiger partial charge in [0.2, 0.25) is 0 Å². The number of hydrogen-bond acceptors (Lipinski definition) is 4. The van der Waals surface area contributed by atoms with Gasteiger partial charge in [-0.05, 0) is 67.8 Å². The molecule has 0 bridgehead atoms. The Labute approximate surface area is 166 Å². The van der Waals surface area contributed by atoms with Crippen LogP contribution >= 0.6 is 0 Å². The molecule has 1 saturated heterocycles. The lowest BCUT2D eigenvalue weighted by Gasteiger charge is -2.32. The molecule has 0 spiro atoms. The molecule has 0 N–H and O–H groups in total. The lowest BCUT2D eigenvalue weighted by atomic mass is 9.91. The zero-order valence-electron chi connectivity index (χ0n) is 16.0. The molecule has 2 aliphatic rings. The highest BCUT2D eigenvalue weighted by Gasteiger charge is 2.44. The summed E-state index contributed by atoms with van der Waals surface area (Å²) >= 11 is 0. The van der Waals surface area contributed by atoms with Crippen molar-refractivity contribution in [3.8, 4) is 0 Å². The number of likely N-dealkylation sites (tertiary alicyclic amines) is 1. The molecule has 1 aliphatic carbocycles. The Morgan fingerprint density at radius 2 is 1.72 bits per heavy atom. The molecule has 1 aliphatic heterocycles. The van der Waals surface area contributed by atoms with E-state index in [9.17, 15) is 30.4 Å². The van der Waals surface area contributed by atoms with E-state index in [1.54, 1.807) is 0 Å². The molecule has 2 fully saturated rings. The molecule has 1 aromatic rings. The first-order valence-electron chi connectivity index (χ1n) is 9.49. The number of halogens is 5. The summed E-state index contributed by atoms with van der Waals surface area (Å²) in [7, 11) is -4.00. The fraction of sp³-hybridized carbons (Fsp3) is 0.684. The molecule has 4 nitrogen and oxygen atoms in total. The van der Waals surface area contributed by atoms with Gasteiger partial charge in [0.1, 0.15) is 16.5 Å². The number of ether oxygens (including phenoxy) is 1. The Morgan fingerprint density at radius 3 is 2.24 bits per heavy atom. The number of piperidine rings is 1. The van der Waals surface area contributed by atoms with Crippen molar-refractivity contribution in [1.29, 1.82) is 0 Å². The van der Waals surface area contributed by atoms with Gasteiger partial charge in [-0.15, -0.1) is 0 Å². The number of nitrogens with zero attached hydrogens (tertiary/aromatic N) is 1. The molecule has 0 radical (unpaired) electrons. The van der Waals surface area contributed by atoms with Gasteiger partial charge in [-0.2, -0.15) is 13.2 Å². The smallest absolute Gasteiger partial charge is 0.376 e. The summed E-state index contributed by atoms with van der Waals surface area (Å²) in [6.45, 7) is 0.400. The summed E-state index contributed by atoms with van der Waals surface area (Å²) < 4.78 is 93.5. The molecule has 29 heavy (non-hydrogen) atoms. The maximum Gasteiger partial charge on any atom is 0.401 e. The highest BCUT2D eigenvalue weighted by Crippen LogP contribution is 2.48. The van der Waals surface area contributed by atoms with Crippen molar-refractivity contribution in [2.24, 2.45) is 17.8 Å². The average Bonchev–Trinajstić information content (AvgIpc) is 3.31. The molecule has 1 saturated carbocycles. The monoisotopic (exact) mass is 441 g/mol. The molecular weight excluding hydrogens is 417 g/mol. The van der Waals surface area contributed by atoms with Gasteiger partial charge in [0.05, 0.1) is 19.8 Å². The molecule has 2 unspecified atom stereocenters. The van der Waals surface area contributed by atoms with Gasteiger partial charge in [0, 0.05) is 6.26 Å². The van der Waals surface area contributed by atoms with Crippen molar-refractivity contribution in [3.63, 3.8) is 0 Å². The molecule has 164 valence electrons. The maximum absolute atomic E-state index is 13.9. The first-order chi connectivity index (χ1) is 13.4. The SMILES string of the molecule is CS(=O)(=O)c1c(F)cc(COCC2CC2C2CCN(CC(F)(F)F)CC2)cc1F. The van der Waals surface area contributed by atoms with E-state index in [2.05, 4.69) is 0 Å². The number of sulfone groups is 1. The van der Waals surface area contributed by atoms with Crippen LogP contribution in [-0.2, 0) is 21.2 Å². The van der Waals surface area contributed by atoms with Crippen molar-refractivity contribution in [2.45, 2.75) is 36.9 Å². The van der Waals surface area contributed by atoms with Crippen molar-refractivity contribution in [3.05, 3.63) is 29.3 Å². The molecule has 0 aromatic heterocycles. The van der Waals surface area contributed by atoms with Crippen molar-refractivity contribution in [2.75, 3.05) is 32.5 Å². The topological polar surface area (TPSA) is 46.6 Å². The molecule has 1 aromatic carbocycles. The Hall–Kier alpha value is -1.26. The van der Waals surface area contributed by atoms with Gasteiger partial charge in [-0.3, -0.25) is 4.90 Å². The first-order valence-corrected chi connectivity index (χ1v) is 11.4. The standard InChI is InChI=1S/C19H24F5NO3S/c1-29(26,27)18-16(20)6-12(7-17(18)21)9-28-10-14-8-15(14)13-2-4-25(5-3-13)11-19(22,23)24/h6-7,13-15H,2-5,8-11H2,1H3. The minimum absolute atomic E-state index is 0.0366. The van der Waals surface area contributed by atoms with Crippen LogP contribution in [0.2, 0.25) is 0 Å². The van der Waals surface area contributed by atoms with Gasteiger partial charge in [-0.25, -0.2) is 17.2 Å². The van der Waals surface area contributed by atoms with Crippen LogP contribution in [0.25, 0.3) is 0 Å². The summed E-state index contributed by atoms with van der Waals surface area (Å²) in [5, 5.41) is 0. The van der Waals surface area contributed by atoms with Crippen LogP contribution in [-0.4, -0.2) is 52.0 Å². The number of hydrogen-bond donors (Lipinski definition) is 0. The van der Waals surface area contributed by atoms with Crippen molar-refractivity contribution < 1.29 is 35.1 Å². The van der Waals surface area contributed by atoms with Crippen LogP contribution in [0, 0.1) is 29.4 Å². The van der Waals surface area contributed by atoms with Crippen LogP contribution in [0.1, 0.15) is 24.8 Å². The van der Waals surface area contributed by atoms with Crippen LogP contribution < -0.4 is 0 Å². The Balaban J connectivity index is 1.42. The second-order valence-electron chi connectivity index (χ2n) is 8.06. The van der Waals surface area contributed by atoms with Crippen molar-refractivity contribution in [1.82, 2.24) is 4.90 Å². The highest BCUT2D eigenvalue weighted by atomic mass is 32.2. The largest absolute Gasteiger partial charge is 0.401 e. The minimum atomic E-state index is -4.17. The predicted molar refractivity (Wildman–Crippen MR) is 95.9 cm³/mol. The van der Waals surface area contributed by atoms with Gasteiger partial charge in [-0.1, -0.05) is 0 Å². The molecule has 3 rings (SSSR count). The lowest BCUT2D eigenvalue weighted by molar-refractivity contribution is -0.148. The Kier molecular flexibility index (Phi) is 6.55. The summed E-state index contributed by atoms with van der Waals surface area (Å²) in [5.41, 5.74) is 0.213. The third-order valence-corrected chi connectivity index (χ3v) is 6.78. The number of rotatable bonds is 7. The van der Waals surface area contributed by atoms with E-state index >= 15 is 0 Å². The predicted octanol–water partition coefficient (Wildman–Crippen LogP) is 3.80. The average molecular weight is 441 g/mol. The number of benzene rings is 1. The third-order valence-electron chi connectivity index (χ3n) is 5.65. The Morgan fingerprint density at radius 1 is 1.14 bits per heavy atom. The van der Waals surface area contributed by atoms with E-state index < -0.39 is 39.1 Å². The van der Waals surface area contributed by atoms with E-state index in [1.165, 1.54) is 4.90 Å². The minimum Gasteiger partial charge on any atom is -0.376 e. The van der Waals surface area contributed by atoms with E-state index in [-0.39, 0.29) is 12.2 Å². The van der Waals surface area contributed by atoms with Crippen LogP contribution in [0.3, 0.4) is 0 Å². The molecule has 0 amide bonds. The van der Waals surface area contributed by atoms with Gasteiger partial charge in [0.25, 0.3) is 0 Å². The quantitative estimate of drug-likeness (QED) is 0.604. The van der Waals surface area contributed by atoms with Gasteiger partial charge >= 0.3 is 6.18 Å². The highest BCUT2D eigenvalue weighted by molar-refractivity contribution is 7.90.